The molecule has 1 aromatic heterocycles. The first-order valence-electron chi connectivity index (χ1n) is 8.56. The lowest BCUT2D eigenvalue weighted by molar-refractivity contribution is -0.0491. The van der Waals surface area contributed by atoms with E-state index in [0.717, 1.165) is 11.8 Å². The Bertz CT molecular complexity index is 886. The third-order valence-corrected chi connectivity index (χ3v) is 4.55. The van der Waals surface area contributed by atoms with Crippen molar-refractivity contribution in [1.82, 2.24) is 15.2 Å². The standard InChI is InChI=1S/C19H18F2N4O2/c20-13-3-1-12(2-4-13)17-11-25(7-8-27-17)19-23-16(9-18(26)24-19)14-5-6-22-10-15(14)21/h1-6,9-10,17,19,24,26H,7-8,11H2/t17-,19?/m1/s1. The summed E-state index contributed by atoms with van der Waals surface area (Å²) in [7, 11) is 0. The highest BCUT2D eigenvalue weighted by Gasteiger charge is 2.29. The van der Waals surface area contributed by atoms with Crippen molar-refractivity contribution in [3.05, 3.63) is 77.4 Å². The van der Waals surface area contributed by atoms with E-state index >= 15 is 0 Å². The van der Waals surface area contributed by atoms with Crippen LogP contribution in [0, 0.1) is 11.6 Å². The van der Waals surface area contributed by atoms with Crippen LogP contribution < -0.4 is 5.32 Å². The highest BCUT2D eigenvalue weighted by atomic mass is 19.1. The molecule has 1 unspecified atom stereocenters. The number of pyridine rings is 1. The number of aliphatic hydroxyl groups excluding tert-OH is 1. The molecule has 2 aromatic rings. The van der Waals surface area contributed by atoms with Gasteiger partial charge in [0.25, 0.3) is 0 Å². The van der Waals surface area contributed by atoms with Crippen molar-refractivity contribution < 1.29 is 18.6 Å². The van der Waals surface area contributed by atoms with Crippen LogP contribution in [-0.4, -0.2) is 46.7 Å². The maximum absolute atomic E-state index is 14.0. The van der Waals surface area contributed by atoms with Gasteiger partial charge in [-0.05, 0) is 23.8 Å². The molecule has 2 atom stereocenters. The molecule has 2 aliphatic rings. The van der Waals surface area contributed by atoms with Gasteiger partial charge in [-0.1, -0.05) is 12.1 Å². The Hall–Kier alpha value is -2.84. The van der Waals surface area contributed by atoms with Crippen LogP contribution in [0.25, 0.3) is 0 Å². The molecule has 27 heavy (non-hydrogen) atoms. The zero-order chi connectivity index (χ0) is 18.8. The zero-order valence-corrected chi connectivity index (χ0v) is 14.3. The molecule has 8 heteroatoms. The third-order valence-electron chi connectivity index (χ3n) is 4.55. The summed E-state index contributed by atoms with van der Waals surface area (Å²) in [5.74, 6) is -0.901. The quantitative estimate of drug-likeness (QED) is 0.867. The molecular formula is C19H18F2N4O2. The van der Waals surface area contributed by atoms with Crippen LogP contribution in [-0.2, 0) is 4.74 Å². The monoisotopic (exact) mass is 372 g/mol. The summed E-state index contributed by atoms with van der Waals surface area (Å²) in [4.78, 5) is 10.3. The van der Waals surface area contributed by atoms with Crippen molar-refractivity contribution in [2.75, 3.05) is 19.7 Å². The van der Waals surface area contributed by atoms with Crippen LogP contribution in [0.1, 0.15) is 17.2 Å². The van der Waals surface area contributed by atoms with Crippen LogP contribution in [0.4, 0.5) is 8.78 Å². The predicted octanol–water partition coefficient (Wildman–Crippen LogP) is 2.51. The number of hydrogen-bond donors (Lipinski definition) is 2. The maximum atomic E-state index is 14.0. The Morgan fingerprint density at radius 1 is 1.19 bits per heavy atom. The van der Waals surface area contributed by atoms with E-state index in [1.54, 1.807) is 12.1 Å². The van der Waals surface area contributed by atoms with Gasteiger partial charge in [-0.2, -0.15) is 0 Å². The number of ether oxygens (including phenoxy) is 1. The van der Waals surface area contributed by atoms with E-state index in [2.05, 4.69) is 15.3 Å². The SMILES string of the molecule is OC1=CC(c2ccncc2F)=NC(N2CCO[C@@H](c3ccc(F)cc3)C2)N1. The summed E-state index contributed by atoms with van der Waals surface area (Å²) < 4.78 is 33.0. The number of aromatic nitrogens is 1. The first-order valence-corrected chi connectivity index (χ1v) is 8.56. The lowest BCUT2D eigenvalue weighted by Crippen LogP contribution is -2.51. The normalized spacial score (nSPS) is 23.3. The van der Waals surface area contributed by atoms with Gasteiger partial charge in [0.05, 0.1) is 24.6 Å². The average molecular weight is 372 g/mol. The van der Waals surface area contributed by atoms with E-state index < -0.39 is 12.1 Å². The molecule has 0 saturated carbocycles. The van der Waals surface area contributed by atoms with Gasteiger partial charge < -0.3 is 15.2 Å². The number of aliphatic imine (C=N–C) groups is 1. The number of nitrogens with one attached hydrogen (secondary N) is 1. The minimum absolute atomic E-state index is 0.0916. The number of rotatable bonds is 3. The summed E-state index contributed by atoms with van der Waals surface area (Å²) in [6.07, 6.45) is 3.16. The van der Waals surface area contributed by atoms with E-state index in [-0.39, 0.29) is 23.4 Å². The molecule has 2 aliphatic heterocycles. The van der Waals surface area contributed by atoms with Crippen LogP contribution >= 0.6 is 0 Å². The molecule has 1 aromatic carbocycles. The molecule has 2 N–H and O–H groups in total. The van der Waals surface area contributed by atoms with Gasteiger partial charge in [-0.25, -0.2) is 13.8 Å². The molecule has 0 radical (unpaired) electrons. The summed E-state index contributed by atoms with van der Waals surface area (Å²) >= 11 is 0. The van der Waals surface area contributed by atoms with Gasteiger partial charge in [0.2, 0.25) is 0 Å². The topological polar surface area (TPSA) is 70.0 Å². The van der Waals surface area contributed by atoms with E-state index in [0.29, 0.717) is 25.4 Å². The molecule has 3 heterocycles. The molecule has 140 valence electrons. The first-order chi connectivity index (χ1) is 13.1. The molecule has 0 bridgehead atoms. The number of morpholine rings is 1. The minimum atomic E-state index is -0.565. The predicted molar refractivity (Wildman–Crippen MR) is 95.0 cm³/mol. The van der Waals surface area contributed by atoms with E-state index in [1.807, 2.05) is 4.90 Å². The molecule has 4 rings (SSSR count). The molecule has 0 aliphatic carbocycles. The summed E-state index contributed by atoms with van der Waals surface area (Å²) in [5, 5.41) is 13.0. The summed E-state index contributed by atoms with van der Waals surface area (Å²) in [6, 6.07) is 7.69. The molecule has 1 fully saturated rings. The fraction of sp³-hybridized carbons (Fsp3) is 0.263. The fourth-order valence-electron chi connectivity index (χ4n) is 3.18. The molecular weight excluding hydrogens is 354 g/mol. The van der Waals surface area contributed by atoms with Crippen molar-refractivity contribution in [2.24, 2.45) is 4.99 Å². The highest BCUT2D eigenvalue weighted by Crippen LogP contribution is 2.25. The number of benzene rings is 1. The Kier molecular flexibility index (Phi) is 4.83. The van der Waals surface area contributed by atoms with Crippen molar-refractivity contribution >= 4 is 5.71 Å². The summed E-state index contributed by atoms with van der Waals surface area (Å²) in [6.45, 7) is 1.53. The van der Waals surface area contributed by atoms with Gasteiger partial charge in [-0.3, -0.25) is 9.88 Å². The second-order valence-electron chi connectivity index (χ2n) is 6.32. The summed E-state index contributed by atoms with van der Waals surface area (Å²) in [5.41, 5.74) is 1.47. The highest BCUT2D eigenvalue weighted by molar-refractivity contribution is 6.09. The van der Waals surface area contributed by atoms with E-state index in [1.165, 1.54) is 30.5 Å². The lowest BCUT2D eigenvalue weighted by Gasteiger charge is -2.38. The average Bonchev–Trinajstić information content (AvgIpc) is 2.68. The van der Waals surface area contributed by atoms with Crippen LogP contribution in [0.15, 0.2) is 59.7 Å². The largest absolute Gasteiger partial charge is 0.495 e. The third kappa shape index (κ3) is 3.81. The Morgan fingerprint density at radius 3 is 2.78 bits per heavy atom. The Labute approximate surface area is 154 Å². The van der Waals surface area contributed by atoms with Gasteiger partial charge in [0, 0.05) is 30.9 Å². The van der Waals surface area contributed by atoms with Crippen molar-refractivity contribution in [1.29, 1.82) is 0 Å². The number of aliphatic hydroxyl groups is 1. The van der Waals surface area contributed by atoms with Crippen molar-refractivity contribution in [3.8, 4) is 0 Å². The van der Waals surface area contributed by atoms with E-state index in [9.17, 15) is 13.9 Å². The van der Waals surface area contributed by atoms with Gasteiger partial charge in [0.1, 0.15) is 5.82 Å². The second kappa shape index (κ2) is 7.42. The van der Waals surface area contributed by atoms with Crippen molar-refractivity contribution in [3.63, 3.8) is 0 Å². The number of nitrogens with zero attached hydrogens (tertiary/aromatic N) is 3. The fourth-order valence-corrected chi connectivity index (χ4v) is 3.18. The molecule has 6 nitrogen and oxygen atoms in total. The van der Waals surface area contributed by atoms with E-state index in [4.69, 9.17) is 4.74 Å². The molecule has 0 spiro atoms. The van der Waals surface area contributed by atoms with Gasteiger partial charge in [0.15, 0.2) is 18.0 Å². The molecule has 0 amide bonds. The number of halogens is 2. The van der Waals surface area contributed by atoms with Crippen LogP contribution in [0.3, 0.4) is 0 Å². The number of hydrogen-bond acceptors (Lipinski definition) is 6. The van der Waals surface area contributed by atoms with Crippen LogP contribution in [0.5, 0.6) is 0 Å². The van der Waals surface area contributed by atoms with Gasteiger partial charge in [-0.15, -0.1) is 0 Å². The lowest BCUT2D eigenvalue weighted by atomic mass is 10.1. The smallest absolute Gasteiger partial charge is 0.188 e. The van der Waals surface area contributed by atoms with Gasteiger partial charge >= 0.3 is 0 Å². The second-order valence-corrected chi connectivity index (χ2v) is 6.32. The maximum Gasteiger partial charge on any atom is 0.188 e. The van der Waals surface area contributed by atoms with Crippen molar-refractivity contribution in [2.45, 2.75) is 12.4 Å². The Morgan fingerprint density at radius 2 is 2.00 bits per heavy atom. The first kappa shape index (κ1) is 17.6. The zero-order valence-electron chi connectivity index (χ0n) is 14.3. The number of allylic oxidation sites excluding steroid dienone is 1. The molecule has 1 saturated heterocycles. The Balaban J connectivity index is 1.56. The van der Waals surface area contributed by atoms with Crippen LogP contribution in [0.2, 0.25) is 0 Å². The minimum Gasteiger partial charge on any atom is -0.495 e.